The number of amides is 2. The van der Waals surface area contributed by atoms with Crippen molar-refractivity contribution >= 4 is 17.9 Å². The third kappa shape index (κ3) is 6.70. The topological polar surface area (TPSA) is 107 Å². The lowest BCUT2D eigenvalue weighted by molar-refractivity contribution is -0.143. The van der Waals surface area contributed by atoms with Gasteiger partial charge in [-0.1, -0.05) is 62.1 Å². The van der Waals surface area contributed by atoms with Gasteiger partial charge in [0.05, 0.1) is 24.5 Å². The number of benzene rings is 2. The van der Waals surface area contributed by atoms with Gasteiger partial charge in [0.25, 0.3) is 0 Å². The number of hydrogen-bond acceptors (Lipinski definition) is 6. The number of imide groups is 1. The second-order valence-corrected chi connectivity index (χ2v) is 12.0. The van der Waals surface area contributed by atoms with E-state index >= 15 is 0 Å². The quantitative estimate of drug-likeness (QED) is 0.226. The van der Waals surface area contributed by atoms with Crippen molar-refractivity contribution in [2.45, 2.75) is 76.9 Å². The van der Waals surface area contributed by atoms with E-state index in [1.54, 1.807) is 6.07 Å². The second kappa shape index (κ2) is 13.9. The van der Waals surface area contributed by atoms with E-state index < -0.39 is 35.4 Å². The Balaban J connectivity index is 1.42. The summed E-state index contributed by atoms with van der Waals surface area (Å²) in [5, 5.41) is 31.9. The van der Waals surface area contributed by atoms with Crippen LogP contribution in [0.3, 0.4) is 0 Å². The summed E-state index contributed by atoms with van der Waals surface area (Å²) in [7, 11) is 0. The maximum absolute atomic E-state index is 13.9. The molecule has 0 bridgehead atoms. The number of nitrogens with zero attached hydrogens (tertiary/aromatic N) is 1. The Kier molecular flexibility index (Phi) is 9.98. The van der Waals surface area contributed by atoms with Crippen LogP contribution < -0.4 is 4.74 Å². The molecule has 4 atom stereocenters. The molecule has 5 rings (SSSR count). The number of allylic oxidation sites excluding steroid dienone is 1. The fourth-order valence-electron chi connectivity index (χ4n) is 7.18. The van der Waals surface area contributed by atoms with Crippen LogP contribution in [0.5, 0.6) is 11.5 Å². The molecule has 3 N–H and O–H groups in total. The number of aliphatic hydroxyl groups excluding tert-OH is 2. The van der Waals surface area contributed by atoms with Crippen molar-refractivity contribution in [1.82, 2.24) is 4.90 Å². The number of phenols is 1. The summed E-state index contributed by atoms with van der Waals surface area (Å²) in [6.45, 7) is 1.77. The van der Waals surface area contributed by atoms with Crippen LogP contribution in [-0.2, 0) is 9.59 Å². The summed E-state index contributed by atoms with van der Waals surface area (Å²) in [5.41, 5.74) is 2.95. The first kappa shape index (κ1) is 31.0. The maximum Gasteiger partial charge on any atom is 0.234 e. The van der Waals surface area contributed by atoms with E-state index in [1.807, 2.05) is 43.3 Å². The van der Waals surface area contributed by atoms with Gasteiger partial charge in [-0.25, -0.2) is 4.39 Å². The highest BCUT2D eigenvalue weighted by atomic mass is 19.1. The molecular weight excluding hydrogens is 549 g/mol. The number of phenolic OH excluding ortho intramolecular Hbond substituents is 1. The Morgan fingerprint density at radius 3 is 2.51 bits per heavy atom. The van der Waals surface area contributed by atoms with Crippen molar-refractivity contribution in [3.63, 3.8) is 0 Å². The molecule has 2 fully saturated rings. The average Bonchev–Trinajstić information content (AvgIpc) is 3.28. The molecule has 3 aliphatic rings. The molecule has 1 aliphatic heterocycles. The lowest BCUT2D eigenvalue weighted by atomic mass is 9.68. The number of likely N-dealkylation sites (tertiary alicyclic amines) is 1. The normalized spacial score (nSPS) is 24.0. The molecule has 1 saturated heterocycles. The van der Waals surface area contributed by atoms with Crippen molar-refractivity contribution in [2.24, 2.45) is 17.8 Å². The van der Waals surface area contributed by atoms with Crippen LogP contribution in [0, 0.1) is 23.6 Å². The molecule has 1 heterocycles. The van der Waals surface area contributed by atoms with E-state index in [0.717, 1.165) is 43.3 Å². The van der Waals surface area contributed by atoms with E-state index in [-0.39, 0.29) is 31.1 Å². The molecule has 2 aliphatic carbocycles. The van der Waals surface area contributed by atoms with Crippen LogP contribution in [0.25, 0.3) is 6.08 Å². The highest BCUT2D eigenvalue weighted by molar-refractivity contribution is 6.06. The highest BCUT2D eigenvalue weighted by Crippen LogP contribution is 2.47. The highest BCUT2D eigenvalue weighted by Gasteiger charge is 2.56. The Bertz CT molecular complexity index is 1370. The molecule has 0 aromatic heterocycles. The number of hydrogen-bond donors (Lipinski definition) is 3. The number of aromatic hydroxyl groups is 1. The fraction of sp³-hybridized carbons (Fsp3) is 0.486. The summed E-state index contributed by atoms with van der Waals surface area (Å²) in [5.74, 6) is -2.80. The molecule has 8 heteroatoms. The van der Waals surface area contributed by atoms with Crippen molar-refractivity contribution in [1.29, 1.82) is 0 Å². The van der Waals surface area contributed by atoms with E-state index in [9.17, 15) is 29.3 Å². The molecule has 43 heavy (non-hydrogen) atoms. The average molecular weight is 592 g/mol. The Morgan fingerprint density at radius 1 is 1.09 bits per heavy atom. The minimum Gasteiger partial charge on any atom is -0.505 e. The SMILES string of the molecule is CC/C(=C\c1ccc(O)c(F)c1)CC[C@@H](O)C1=C(COc2ccccc2)C[C@H]2C(=O)N(C3CCCCC3)C(=O)[C@H]2[C@H]1CO. The largest absolute Gasteiger partial charge is 0.505 e. The van der Waals surface area contributed by atoms with Crippen molar-refractivity contribution in [3.8, 4) is 11.5 Å². The first-order valence-electron chi connectivity index (χ1n) is 15.6. The molecule has 0 unspecified atom stereocenters. The smallest absolute Gasteiger partial charge is 0.234 e. The van der Waals surface area contributed by atoms with Gasteiger partial charge in [-0.15, -0.1) is 0 Å². The fourth-order valence-corrected chi connectivity index (χ4v) is 7.18. The van der Waals surface area contributed by atoms with Crippen molar-refractivity contribution in [3.05, 3.63) is 76.6 Å². The van der Waals surface area contributed by atoms with Crippen LogP contribution in [-0.4, -0.2) is 57.4 Å². The van der Waals surface area contributed by atoms with Crippen LogP contribution in [0.1, 0.15) is 70.3 Å². The number of carbonyl (C=O) groups excluding carboxylic acids is 2. The molecule has 0 radical (unpaired) electrons. The third-order valence-corrected chi connectivity index (χ3v) is 9.41. The van der Waals surface area contributed by atoms with Crippen molar-refractivity contribution in [2.75, 3.05) is 13.2 Å². The molecule has 0 spiro atoms. The lowest BCUT2D eigenvalue weighted by Crippen LogP contribution is -2.42. The van der Waals surface area contributed by atoms with Gasteiger partial charge in [0, 0.05) is 12.0 Å². The second-order valence-electron chi connectivity index (χ2n) is 12.0. The van der Waals surface area contributed by atoms with Gasteiger partial charge in [-0.2, -0.15) is 0 Å². The predicted molar refractivity (Wildman–Crippen MR) is 161 cm³/mol. The Labute approximate surface area is 252 Å². The van der Waals surface area contributed by atoms with Crippen LogP contribution in [0.15, 0.2) is 65.3 Å². The molecule has 230 valence electrons. The summed E-state index contributed by atoms with van der Waals surface area (Å²) >= 11 is 0. The summed E-state index contributed by atoms with van der Waals surface area (Å²) in [6.07, 6.45) is 7.40. The zero-order chi connectivity index (χ0) is 30.5. The molecule has 2 aromatic carbocycles. The first-order valence-corrected chi connectivity index (χ1v) is 15.6. The molecule has 2 aromatic rings. The Morgan fingerprint density at radius 2 is 1.84 bits per heavy atom. The van der Waals surface area contributed by atoms with Crippen molar-refractivity contribution < 1.29 is 34.0 Å². The minimum absolute atomic E-state index is 0.0990. The lowest BCUT2D eigenvalue weighted by Gasteiger charge is -2.36. The van der Waals surface area contributed by atoms with Gasteiger partial charge in [0.15, 0.2) is 11.6 Å². The number of fused-ring (bicyclic) bond motifs is 1. The zero-order valence-electron chi connectivity index (χ0n) is 24.8. The predicted octanol–water partition coefficient (Wildman–Crippen LogP) is 5.79. The van der Waals surface area contributed by atoms with E-state index in [4.69, 9.17) is 4.74 Å². The van der Waals surface area contributed by atoms with Gasteiger partial charge in [0.1, 0.15) is 12.4 Å². The zero-order valence-corrected chi connectivity index (χ0v) is 24.8. The maximum atomic E-state index is 13.9. The molecule has 1 saturated carbocycles. The molecular formula is C35H42FNO6. The van der Waals surface area contributed by atoms with Crippen LogP contribution in [0.4, 0.5) is 4.39 Å². The van der Waals surface area contributed by atoms with Crippen LogP contribution in [0.2, 0.25) is 0 Å². The third-order valence-electron chi connectivity index (χ3n) is 9.41. The van der Waals surface area contributed by atoms with Gasteiger partial charge >= 0.3 is 0 Å². The van der Waals surface area contributed by atoms with Crippen LogP contribution >= 0.6 is 0 Å². The monoisotopic (exact) mass is 591 g/mol. The number of halogens is 1. The Hall–Kier alpha value is -3.49. The van der Waals surface area contributed by atoms with Gasteiger partial charge in [-0.05, 0) is 79.5 Å². The minimum atomic E-state index is -0.967. The van der Waals surface area contributed by atoms with E-state index in [0.29, 0.717) is 42.6 Å². The number of carbonyl (C=O) groups is 2. The van der Waals surface area contributed by atoms with Gasteiger partial charge in [0.2, 0.25) is 11.8 Å². The standard InChI is InChI=1S/C35H42FNO6/c1-2-22(17-23-14-15-30(39)29(36)18-23)13-16-31(40)32-24(21-43-26-11-7-4-8-12-26)19-27-33(28(32)20-38)35(42)37(34(27)41)25-9-5-3-6-10-25/h4,7-8,11-12,14-15,17-18,25,27-28,31,33,38-40H,2-3,5-6,9-10,13,16,19-21H2,1H3/b22-17+/t27-,28+,31-,33-/m1/s1. The first-order chi connectivity index (χ1) is 20.8. The number of para-hydroxylation sites is 1. The number of rotatable bonds is 11. The molecule has 2 amide bonds. The summed E-state index contributed by atoms with van der Waals surface area (Å²) in [4.78, 5) is 29.1. The van der Waals surface area contributed by atoms with E-state index in [1.165, 1.54) is 17.0 Å². The van der Waals surface area contributed by atoms with E-state index in [2.05, 4.69) is 0 Å². The summed E-state index contributed by atoms with van der Waals surface area (Å²) < 4.78 is 20.0. The number of aliphatic hydroxyl groups is 2. The van der Waals surface area contributed by atoms with Gasteiger partial charge < -0.3 is 20.1 Å². The molecule has 7 nitrogen and oxygen atoms in total. The van der Waals surface area contributed by atoms with Gasteiger partial charge in [-0.3, -0.25) is 14.5 Å². The summed E-state index contributed by atoms with van der Waals surface area (Å²) in [6, 6.07) is 13.4. The number of ether oxygens (including phenoxy) is 1.